The standard InChI is InChI=1S/C29H35N3O5/c1-18-11-14-23(19(2)15-18)25(26(34)30-22-13-12-20-9-7-8-10-21(20)16-22)32(6)27(35)24(17-33)31-28(36)37-29(3,4)5/h7-16,24-25,33H,17H2,1-6H3,(H,30,34)(H,31,36). The Balaban J connectivity index is 1.92. The van der Waals surface area contributed by atoms with Gasteiger partial charge in [-0.15, -0.1) is 0 Å². The van der Waals surface area contributed by atoms with Crippen LogP contribution in [0.5, 0.6) is 0 Å². The Morgan fingerprint density at radius 3 is 2.27 bits per heavy atom. The summed E-state index contributed by atoms with van der Waals surface area (Å²) in [6.07, 6.45) is -0.836. The quantitative estimate of drug-likeness (QED) is 0.439. The molecular formula is C29H35N3O5. The molecule has 37 heavy (non-hydrogen) atoms. The van der Waals surface area contributed by atoms with Gasteiger partial charge in [0.25, 0.3) is 5.91 Å². The van der Waals surface area contributed by atoms with Gasteiger partial charge in [-0.1, -0.05) is 54.1 Å². The van der Waals surface area contributed by atoms with Gasteiger partial charge in [-0.2, -0.15) is 0 Å². The molecule has 2 unspecified atom stereocenters. The highest BCUT2D eigenvalue weighted by atomic mass is 16.6. The van der Waals surface area contributed by atoms with Crippen molar-refractivity contribution < 1.29 is 24.2 Å². The van der Waals surface area contributed by atoms with E-state index in [9.17, 15) is 19.5 Å². The zero-order chi connectivity index (χ0) is 27.3. The molecule has 196 valence electrons. The molecule has 3 rings (SSSR count). The summed E-state index contributed by atoms with van der Waals surface area (Å²) in [5.74, 6) is -1.06. The maximum Gasteiger partial charge on any atom is 0.408 e. The van der Waals surface area contributed by atoms with Gasteiger partial charge in [0.1, 0.15) is 17.7 Å². The lowest BCUT2D eigenvalue weighted by Crippen LogP contribution is -2.52. The second-order valence-corrected chi connectivity index (χ2v) is 10.1. The number of nitrogens with one attached hydrogen (secondary N) is 2. The van der Waals surface area contributed by atoms with Gasteiger partial charge in [-0.3, -0.25) is 9.59 Å². The lowest BCUT2D eigenvalue weighted by molar-refractivity contribution is -0.139. The predicted octanol–water partition coefficient (Wildman–Crippen LogP) is 4.48. The Labute approximate surface area is 217 Å². The zero-order valence-corrected chi connectivity index (χ0v) is 22.2. The molecule has 0 spiro atoms. The van der Waals surface area contributed by atoms with E-state index in [4.69, 9.17) is 4.74 Å². The molecule has 0 saturated carbocycles. The van der Waals surface area contributed by atoms with E-state index in [0.717, 1.165) is 21.9 Å². The van der Waals surface area contributed by atoms with Crippen LogP contribution in [0.1, 0.15) is 43.5 Å². The summed E-state index contributed by atoms with van der Waals surface area (Å²) in [7, 11) is 1.48. The number of likely N-dealkylation sites (N-methyl/N-ethyl adjacent to an activating group) is 1. The van der Waals surface area contributed by atoms with E-state index in [1.807, 2.05) is 74.5 Å². The number of hydrogen-bond acceptors (Lipinski definition) is 5. The van der Waals surface area contributed by atoms with Gasteiger partial charge in [0.05, 0.1) is 6.61 Å². The van der Waals surface area contributed by atoms with Gasteiger partial charge in [-0.05, 0) is 68.7 Å². The third-order valence-corrected chi connectivity index (χ3v) is 5.89. The minimum absolute atomic E-state index is 0.424. The summed E-state index contributed by atoms with van der Waals surface area (Å²) in [4.78, 5) is 40.6. The number of carbonyl (C=O) groups excluding carboxylic acids is 3. The molecule has 0 aliphatic carbocycles. The topological polar surface area (TPSA) is 108 Å². The van der Waals surface area contributed by atoms with Crippen LogP contribution in [0.3, 0.4) is 0 Å². The first kappa shape index (κ1) is 27.7. The number of benzene rings is 3. The molecule has 8 nitrogen and oxygen atoms in total. The number of rotatable bonds is 7. The Hall–Kier alpha value is -3.91. The number of nitrogens with zero attached hydrogens (tertiary/aromatic N) is 1. The molecular weight excluding hydrogens is 470 g/mol. The molecule has 3 N–H and O–H groups in total. The number of hydrogen-bond donors (Lipinski definition) is 3. The normalized spacial score (nSPS) is 12.9. The van der Waals surface area contributed by atoms with Gasteiger partial charge in [0.2, 0.25) is 5.91 Å². The molecule has 0 bridgehead atoms. The molecule has 0 saturated heterocycles. The number of fused-ring (bicyclic) bond motifs is 1. The van der Waals surface area contributed by atoms with Crippen LogP contribution in [0, 0.1) is 13.8 Å². The summed E-state index contributed by atoms with van der Waals surface area (Å²) >= 11 is 0. The summed E-state index contributed by atoms with van der Waals surface area (Å²) < 4.78 is 5.23. The molecule has 0 fully saturated rings. The van der Waals surface area contributed by atoms with Crippen molar-refractivity contribution in [1.29, 1.82) is 0 Å². The minimum atomic E-state index is -1.29. The van der Waals surface area contributed by atoms with Crippen LogP contribution in [0.2, 0.25) is 0 Å². The molecule has 0 heterocycles. The van der Waals surface area contributed by atoms with Crippen LogP contribution >= 0.6 is 0 Å². The third kappa shape index (κ3) is 7.07. The zero-order valence-electron chi connectivity index (χ0n) is 22.2. The lowest BCUT2D eigenvalue weighted by Gasteiger charge is -2.32. The molecule has 0 aliphatic heterocycles. The summed E-state index contributed by atoms with van der Waals surface area (Å²) in [5, 5.41) is 17.2. The molecule has 0 aromatic heterocycles. The summed E-state index contributed by atoms with van der Waals surface area (Å²) in [5.41, 5.74) is 2.29. The first-order chi connectivity index (χ1) is 17.4. The Kier molecular flexibility index (Phi) is 8.55. The molecule has 3 aromatic carbocycles. The maximum absolute atomic E-state index is 13.7. The van der Waals surface area contributed by atoms with E-state index in [1.54, 1.807) is 20.8 Å². The fraction of sp³-hybridized carbons (Fsp3) is 0.345. The first-order valence-corrected chi connectivity index (χ1v) is 12.1. The Morgan fingerprint density at radius 1 is 0.973 bits per heavy atom. The van der Waals surface area contributed by atoms with Gasteiger partial charge >= 0.3 is 6.09 Å². The second kappa shape index (κ2) is 11.4. The van der Waals surface area contributed by atoms with Crippen molar-refractivity contribution in [2.75, 3.05) is 19.0 Å². The Morgan fingerprint density at radius 2 is 1.65 bits per heavy atom. The van der Waals surface area contributed by atoms with Crippen molar-refractivity contribution >= 4 is 34.4 Å². The predicted molar refractivity (Wildman–Crippen MR) is 144 cm³/mol. The maximum atomic E-state index is 13.7. The average molecular weight is 506 g/mol. The van der Waals surface area contributed by atoms with E-state index in [0.29, 0.717) is 11.3 Å². The third-order valence-electron chi connectivity index (χ3n) is 5.89. The van der Waals surface area contributed by atoms with E-state index >= 15 is 0 Å². The average Bonchev–Trinajstić information content (AvgIpc) is 2.82. The highest BCUT2D eigenvalue weighted by Gasteiger charge is 2.34. The van der Waals surface area contributed by atoms with Crippen molar-refractivity contribution in [3.63, 3.8) is 0 Å². The SMILES string of the molecule is Cc1ccc(C(C(=O)Nc2ccc3ccccc3c2)N(C)C(=O)C(CO)NC(=O)OC(C)(C)C)c(C)c1. The first-order valence-electron chi connectivity index (χ1n) is 12.1. The number of amides is 3. The minimum Gasteiger partial charge on any atom is -0.444 e. The number of aliphatic hydroxyl groups is 1. The number of aliphatic hydroxyl groups excluding tert-OH is 1. The highest BCUT2D eigenvalue weighted by Crippen LogP contribution is 2.27. The van der Waals surface area contributed by atoms with E-state index in [-0.39, 0.29) is 0 Å². The number of carbonyl (C=O) groups is 3. The van der Waals surface area contributed by atoms with Gasteiger partial charge in [-0.25, -0.2) is 4.79 Å². The molecule has 8 heteroatoms. The van der Waals surface area contributed by atoms with Crippen LogP contribution < -0.4 is 10.6 Å². The number of aryl methyl sites for hydroxylation is 2. The smallest absolute Gasteiger partial charge is 0.408 e. The fourth-order valence-corrected chi connectivity index (χ4v) is 4.14. The van der Waals surface area contributed by atoms with Crippen molar-refractivity contribution in [3.05, 3.63) is 77.4 Å². The molecule has 3 aromatic rings. The van der Waals surface area contributed by atoms with Crippen LogP contribution in [0.25, 0.3) is 10.8 Å². The fourth-order valence-electron chi connectivity index (χ4n) is 4.14. The van der Waals surface area contributed by atoms with Crippen molar-refractivity contribution in [2.24, 2.45) is 0 Å². The van der Waals surface area contributed by atoms with Crippen molar-refractivity contribution in [1.82, 2.24) is 10.2 Å². The molecule has 0 aliphatic rings. The molecule has 0 radical (unpaired) electrons. The number of alkyl carbamates (subject to hydrolysis) is 1. The summed E-state index contributed by atoms with van der Waals surface area (Å²) in [6, 6.07) is 16.7. The van der Waals surface area contributed by atoms with Crippen LogP contribution in [-0.4, -0.2) is 53.2 Å². The molecule has 2 atom stereocenters. The largest absolute Gasteiger partial charge is 0.444 e. The van der Waals surface area contributed by atoms with Gasteiger partial charge < -0.3 is 25.4 Å². The Bertz CT molecular complexity index is 1300. The van der Waals surface area contributed by atoms with Crippen molar-refractivity contribution in [3.8, 4) is 0 Å². The highest BCUT2D eigenvalue weighted by molar-refractivity contribution is 6.00. The van der Waals surface area contributed by atoms with Gasteiger partial charge in [0.15, 0.2) is 0 Å². The monoisotopic (exact) mass is 505 g/mol. The van der Waals surface area contributed by atoms with Crippen LogP contribution in [0.4, 0.5) is 10.5 Å². The number of ether oxygens (including phenoxy) is 1. The second-order valence-electron chi connectivity index (χ2n) is 10.1. The van der Waals surface area contributed by atoms with Crippen molar-refractivity contribution in [2.45, 2.75) is 52.3 Å². The lowest BCUT2D eigenvalue weighted by atomic mass is 9.97. The van der Waals surface area contributed by atoms with Crippen LogP contribution in [0.15, 0.2) is 60.7 Å². The number of anilines is 1. The van der Waals surface area contributed by atoms with Crippen LogP contribution in [-0.2, 0) is 14.3 Å². The van der Waals surface area contributed by atoms with E-state index < -0.39 is 42.2 Å². The van der Waals surface area contributed by atoms with E-state index in [1.165, 1.54) is 11.9 Å². The molecule has 3 amide bonds. The van der Waals surface area contributed by atoms with Gasteiger partial charge in [0, 0.05) is 12.7 Å². The van der Waals surface area contributed by atoms with E-state index in [2.05, 4.69) is 10.6 Å². The summed E-state index contributed by atoms with van der Waals surface area (Å²) in [6.45, 7) is 8.25.